The summed E-state index contributed by atoms with van der Waals surface area (Å²) in [7, 11) is 0. The summed E-state index contributed by atoms with van der Waals surface area (Å²) in [5.74, 6) is -0.290. The highest BCUT2D eigenvalue weighted by atomic mass is 19.1. The molecule has 5 nitrogen and oxygen atoms in total. The number of nitrogens with one attached hydrogen (secondary N) is 2. The minimum Gasteiger partial charge on any atom is -0.310 e. The topological polar surface area (TPSA) is 62.7 Å². The predicted molar refractivity (Wildman–Crippen MR) is 121 cm³/mol. The molecule has 1 aliphatic rings. The van der Waals surface area contributed by atoms with Crippen LogP contribution in [0.3, 0.4) is 0 Å². The second kappa shape index (κ2) is 8.47. The lowest BCUT2D eigenvalue weighted by molar-refractivity contribution is 0.372. The number of aromatic amines is 1. The molecule has 2 N–H and O–H groups in total. The Balaban J connectivity index is 1.60. The van der Waals surface area contributed by atoms with Crippen molar-refractivity contribution in [3.8, 4) is 16.9 Å². The van der Waals surface area contributed by atoms with Gasteiger partial charge >= 0.3 is 0 Å². The third-order valence-electron chi connectivity index (χ3n) is 6.07. The molecule has 0 radical (unpaired) electrons. The van der Waals surface area contributed by atoms with Gasteiger partial charge in [-0.3, -0.25) is 4.79 Å². The lowest BCUT2D eigenvalue weighted by Gasteiger charge is -2.22. The van der Waals surface area contributed by atoms with Crippen molar-refractivity contribution in [2.24, 2.45) is 0 Å². The van der Waals surface area contributed by atoms with Gasteiger partial charge in [-0.2, -0.15) is 5.10 Å². The van der Waals surface area contributed by atoms with Crippen LogP contribution in [0.4, 0.5) is 4.39 Å². The monoisotopic (exact) mass is 416 g/mol. The van der Waals surface area contributed by atoms with Crippen LogP contribution in [-0.2, 0) is 6.54 Å². The number of hydrogen-bond donors (Lipinski definition) is 2. The van der Waals surface area contributed by atoms with Crippen LogP contribution in [0, 0.1) is 5.82 Å². The van der Waals surface area contributed by atoms with E-state index in [4.69, 9.17) is 5.10 Å². The van der Waals surface area contributed by atoms with Gasteiger partial charge in [0, 0.05) is 29.1 Å². The first-order chi connectivity index (χ1) is 15.2. The van der Waals surface area contributed by atoms with Crippen molar-refractivity contribution >= 4 is 11.0 Å². The highest BCUT2D eigenvalue weighted by Gasteiger charge is 2.18. The van der Waals surface area contributed by atoms with Crippen LogP contribution in [0.25, 0.3) is 28.0 Å². The van der Waals surface area contributed by atoms with Crippen molar-refractivity contribution in [1.29, 1.82) is 0 Å². The van der Waals surface area contributed by atoms with Crippen molar-refractivity contribution in [3.63, 3.8) is 0 Å². The normalized spacial score (nSPS) is 14.9. The highest BCUT2D eigenvalue weighted by molar-refractivity contribution is 5.92. The molecule has 2 aromatic heterocycles. The molecule has 1 saturated carbocycles. The number of rotatable bonds is 5. The van der Waals surface area contributed by atoms with Crippen molar-refractivity contribution in [1.82, 2.24) is 20.1 Å². The largest absolute Gasteiger partial charge is 0.310 e. The third-order valence-corrected chi connectivity index (χ3v) is 6.07. The van der Waals surface area contributed by atoms with Gasteiger partial charge < -0.3 is 10.3 Å². The van der Waals surface area contributed by atoms with Gasteiger partial charge in [0.1, 0.15) is 17.2 Å². The average molecular weight is 416 g/mol. The Labute approximate surface area is 179 Å². The summed E-state index contributed by atoms with van der Waals surface area (Å²) in [6, 6.07) is 18.4. The van der Waals surface area contributed by atoms with Crippen LogP contribution in [0.1, 0.15) is 37.7 Å². The number of pyridine rings is 1. The summed E-state index contributed by atoms with van der Waals surface area (Å²) in [6.07, 6.45) is 6.10. The zero-order valence-electron chi connectivity index (χ0n) is 17.3. The number of benzene rings is 2. The molecule has 158 valence electrons. The van der Waals surface area contributed by atoms with Crippen molar-refractivity contribution < 1.29 is 4.39 Å². The van der Waals surface area contributed by atoms with E-state index in [1.54, 1.807) is 16.8 Å². The van der Waals surface area contributed by atoms with E-state index in [1.807, 2.05) is 36.4 Å². The highest BCUT2D eigenvalue weighted by Crippen LogP contribution is 2.29. The summed E-state index contributed by atoms with van der Waals surface area (Å²) in [5.41, 5.74) is 3.59. The first-order valence-corrected chi connectivity index (χ1v) is 10.9. The molecule has 0 amide bonds. The van der Waals surface area contributed by atoms with Crippen LogP contribution >= 0.6 is 0 Å². The molecular formula is C25H25FN4O. The number of hydrogen-bond acceptors (Lipinski definition) is 3. The first kappa shape index (κ1) is 19.7. The maximum Gasteiger partial charge on any atom is 0.254 e. The van der Waals surface area contributed by atoms with Gasteiger partial charge in [-0.25, -0.2) is 9.07 Å². The SMILES string of the molecule is O=c1[nH]c2c(cc1CNC1CCCCC1)c(-c1ccc(F)cc1)nn2-c1ccccc1. The number of halogens is 1. The fraction of sp³-hybridized carbons (Fsp3) is 0.280. The quantitative estimate of drug-likeness (QED) is 0.484. The second-order valence-electron chi connectivity index (χ2n) is 8.20. The lowest BCUT2D eigenvalue weighted by Crippen LogP contribution is -2.32. The van der Waals surface area contributed by atoms with Crippen molar-refractivity contribution in [2.75, 3.05) is 0 Å². The summed E-state index contributed by atoms with van der Waals surface area (Å²) < 4.78 is 15.2. The van der Waals surface area contributed by atoms with Gasteiger partial charge in [-0.05, 0) is 55.3 Å². The third kappa shape index (κ3) is 4.03. The van der Waals surface area contributed by atoms with E-state index in [0.29, 0.717) is 29.5 Å². The van der Waals surface area contributed by atoms with E-state index in [9.17, 15) is 9.18 Å². The van der Waals surface area contributed by atoms with Gasteiger partial charge in [-0.15, -0.1) is 0 Å². The van der Waals surface area contributed by atoms with E-state index in [2.05, 4.69) is 10.3 Å². The molecule has 4 aromatic rings. The average Bonchev–Trinajstić information content (AvgIpc) is 3.17. The maximum absolute atomic E-state index is 13.5. The van der Waals surface area contributed by atoms with E-state index in [-0.39, 0.29) is 11.4 Å². The molecule has 1 aliphatic carbocycles. The standard InChI is InChI=1S/C25H25FN4O/c26-19-13-11-17(12-14-19)23-22-15-18(16-27-20-7-3-1-4-8-20)25(31)28-24(22)30(29-23)21-9-5-2-6-10-21/h2,5-6,9-15,20,27H,1,3-4,7-8,16H2,(H,28,31). The fourth-order valence-corrected chi connectivity index (χ4v) is 4.38. The van der Waals surface area contributed by atoms with Gasteiger partial charge in [0.2, 0.25) is 0 Å². The molecule has 1 fully saturated rings. The Hall–Kier alpha value is -3.25. The van der Waals surface area contributed by atoms with Gasteiger partial charge in [0.15, 0.2) is 0 Å². The van der Waals surface area contributed by atoms with Crippen LogP contribution in [-0.4, -0.2) is 20.8 Å². The summed E-state index contributed by atoms with van der Waals surface area (Å²) in [4.78, 5) is 15.9. The summed E-state index contributed by atoms with van der Waals surface area (Å²) in [6.45, 7) is 0.523. The lowest BCUT2D eigenvalue weighted by atomic mass is 9.95. The van der Waals surface area contributed by atoms with E-state index in [0.717, 1.165) is 29.5 Å². The zero-order chi connectivity index (χ0) is 21.2. The molecule has 0 unspecified atom stereocenters. The van der Waals surface area contributed by atoms with Crippen LogP contribution < -0.4 is 10.9 Å². The molecule has 0 bridgehead atoms. The number of H-pyrrole nitrogens is 1. The van der Waals surface area contributed by atoms with Crippen LogP contribution in [0.5, 0.6) is 0 Å². The van der Waals surface area contributed by atoms with Gasteiger partial charge in [-0.1, -0.05) is 37.5 Å². The Morgan fingerprint density at radius 2 is 1.77 bits per heavy atom. The molecule has 0 spiro atoms. The first-order valence-electron chi connectivity index (χ1n) is 10.9. The van der Waals surface area contributed by atoms with Gasteiger partial charge in [0.25, 0.3) is 5.56 Å². The van der Waals surface area contributed by atoms with Crippen LogP contribution in [0.2, 0.25) is 0 Å². The number of fused-ring (bicyclic) bond motifs is 1. The molecule has 6 heteroatoms. The van der Waals surface area contributed by atoms with Crippen LogP contribution in [0.15, 0.2) is 65.5 Å². The molecule has 31 heavy (non-hydrogen) atoms. The van der Waals surface area contributed by atoms with Gasteiger partial charge in [0.05, 0.1) is 5.69 Å². The van der Waals surface area contributed by atoms with E-state index >= 15 is 0 Å². The Bertz CT molecular complexity index is 1240. The van der Waals surface area contributed by atoms with E-state index < -0.39 is 0 Å². The fourth-order valence-electron chi connectivity index (χ4n) is 4.38. The Morgan fingerprint density at radius 3 is 2.52 bits per heavy atom. The predicted octanol–water partition coefficient (Wildman–Crippen LogP) is 4.94. The molecule has 0 saturated heterocycles. The molecule has 0 aliphatic heterocycles. The summed E-state index contributed by atoms with van der Waals surface area (Å²) >= 11 is 0. The molecular weight excluding hydrogens is 391 g/mol. The number of nitrogens with zero attached hydrogens (tertiary/aromatic N) is 2. The minimum atomic E-state index is -0.290. The minimum absolute atomic E-state index is 0.112. The smallest absolute Gasteiger partial charge is 0.254 e. The molecule has 0 atom stereocenters. The Kier molecular flexibility index (Phi) is 5.38. The van der Waals surface area contributed by atoms with Crippen molar-refractivity contribution in [2.45, 2.75) is 44.7 Å². The second-order valence-corrected chi connectivity index (χ2v) is 8.20. The maximum atomic E-state index is 13.5. The summed E-state index contributed by atoms with van der Waals surface area (Å²) in [5, 5.41) is 9.19. The Morgan fingerprint density at radius 1 is 1.03 bits per heavy atom. The molecule has 2 aromatic carbocycles. The molecule has 5 rings (SSSR count). The molecule has 2 heterocycles. The van der Waals surface area contributed by atoms with Crippen molar-refractivity contribution in [3.05, 3.63) is 82.4 Å². The number of para-hydroxylation sites is 1. The number of aromatic nitrogens is 3. The van der Waals surface area contributed by atoms with E-state index in [1.165, 1.54) is 31.4 Å². The zero-order valence-corrected chi connectivity index (χ0v) is 17.3.